The van der Waals surface area contributed by atoms with Crippen LogP contribution in [0.25, 0.3) is 0 Å². The van der Waals surface area contributed by atoms with Crippen LogP contribution in [-0.2, 0) is 9.59 Å². The molecular weight excluding hydrogens is 218 g/mol. The predicted molar refractivity (Wildman–Crippen MR) is 62.4 cm³/mol. The van der Waals surface area contributed by atoms with Crippen molar-refractivity contribution in [3.63, 3.8) is 0 Å². The van der Waals surface area contributed by atoms with E-state index in [1.807, 2.05) is 19.1 Å². The second-order valence-electron chi connectivity index (χ2n) is 4.41. The van der Waals surface area contributed by atoms with Crippen molar-refractivity contribution in [1.29, 1.82) is 0 Å². The Morgan fingerprint density at radius 3 is 2.53 bits per heavy atom. The standard InChI is InChI=1S/C13H15NO3/c1-8-4-2-3-5-10(8)11(13(16)17)14-12(15)9-6-7-9/h2-5,9,11H,6-7H2,1H3,(H,14,15)(H,16,17)/t11-/m0/s1. The molecule has 90 valence electrons. The maximum Gasteiger partial charge on any atom is 0.330 e. The summed E-state index contributed by atoms with van der Waals surface area (Å²) in [5.41, 5.74) is 1.52. The number of aryl methyl sites for hydroxylation is 1. The molecule has 1 aliphatic rings. The molecule has 4 nitrogen and oxygen atoms in total. The molecule has 1 aromatic carbocycles. The third-order valence-electron chi connectivity index (χ3n) is 2.98. The Hall–Kier alpha value is -1.84. The minimum Gasteiger partial charge on any atom is -0.479 e. The average molecular weight is 233 g/mol. The van der Waals surface area contributed by atoms with Gasteiger partial charge in [-0.15, -0.1) is 0 Å². The number of carbonyl (C=O) groups excluding carboxylic acids is 1. The van der Waals surface area contributed by atoms with Crippen molar-refractivity contribution >= 4 is 11.9 Å². The van der Waals surface area contributed by atoms with Gasteiger partial charge >= 0.3 is 5.97 Å². The molecular formula is C13H15NO3. The molecule has 0 unspecified atom stereocenters. The quantitative estimate of drug-likeness (QED) is 0.831. The maximum absolute atomic E-state index is 11.6. The van der Waals surface area contributed by atoms with Crippen molar-refractivity contribution in [1.82, 2.24) is 5.32 Å². The van der Waals surface area contributed by atoms with Gasteiger partial charge in [0.25, 0.3) is 0 Å². The van der Waals surface area contributed by atoms with E-state index in [-0.39, 0.29) is 11.8 Å². The highest BCUT2D eigenvalue weighted by molar-refractivity contribution is 5.87. The van der Waals surface area contributed by atoms with Gasteiger partial charge < -0.3 is 10.4 Å². The van der Waals surface area contributed by atoms with Gasteiger partial charge in [-0.05, 0) is 30.9 Å². The van der Waals surface area contributed by atoms with Gasteiger partial charge in [-0.1, -0.05) is 24.3 Å². The molecule has 0 spiro atoms. The lowest BCUT2D eigenvalue weighted by Gasteiger charge is -2.16. The molecule has 2 N–H and O–H groups in total. The topological polar surface area (TPSA) is 66.4 Å². The molecule has 1 aromatic rings. The van der Waals surface area contributed by atoms with Crippen LogP contribution in [0.1, 0.15) is 30.0 Å². The van der Waals surface area contributed by atoms with Gasteiger partial charge in [-0.25, -0.2) is 4.79 Å². The molecule has 4 heteroatoms. The highest BCUT2D eigenvalue weighted by Crippen LogP contribution is 2.30. The van der Waals surface area contributed by atoms with Crippen LogP contribution in [0.2, 0.25) is 0 Å². The van der Waals surface area contributed by atoms with E-state index in [2.05, 4.69) is 5.32 Å². The van der Waals surface area contributed by atoms with Crippen LogP contribution in [-0.4, -0.2) is 17.0 Å². The largest absolute Gasteiger partial charge is 0.479 e. The number of hydrogen-bond acceptors (Lipinski definition) is 2. The number of rotatable bonds is 4. The van der Waals surface area contributed by atoms with Gasteiger partial charge in [0.05, 0.1) is 0 Å². The number of carboxylic acids is 1. The zero-order chi connectivity index (χ0) is 12.4. The third kappa shape index (κ3) is 2.64. The van der Waals surface area contributed by atoms with Crippen LogP contribution in [0, 0.1) is 12.8 Å². The molecule has 0 aromatic heterocycles. The summed E-state index contributed by atoms with van der Waals surface area (Å²) in [7, 11) is 0. The van der Waals surface area contributed by atoms with E-state index in [1.165, 1.54) is 0 Å². The summed E-state index contributed by atoms with van der Waals surface area (Å²) in [5, 5.41) is 11.8. The van der Waals surface area contributed by atoms with Gasteiger partial charge in [0, 0.05) is 5.92 Å². The summed E-state index contributed by atoms with van der Waals surface area (Å²) in [6.45, 7) is 1.84. The van der Waals surface area contributed by atoms with Crippen molar-refractivity contribution in [3.8, 4) is 0 Å². The SMILES string of the molecule is Cc1ccccc1[C@H](NC(=O)C1CC1)C(=O)O. The van der Waals surface area contributed by atoms with Crippen molar-refractivity contribution in [2.75, 3.05) is 0 Å². The lowest BCUT2D eigenvalue weighted by Crippen LogP contribution is -2.35. The Morgan fingerprint density at radius 1 is 1.35 bits per heavy atom. The van der Waals surface area contributed by atoms with Gasteiger partial charge in [-0.3, -0.25) is 4.79 Å². The Morgan fingerprint density at radius 2 is 2.00 bits per heavy atom. The molecule has 17 heavy (non-hydrogen) atoms. The van der Waals surface area contributed by atoms with Crippen LogP contribution in [0.3, 0.4) is 0 Å². The number of carboxylic acid groups (broad SMARTS) is 1. The Balaban J connectivity index is 2.19. The third-order valence-corrected chi connectivity index (χ3v) is 2.98. The first-order valence-electron chi connectivity index (χ1n) is 5.68. The summed E-state index contributed by atoms with van der Waals surface area (Å²) < 4.78 is 0. The van der Waals surface area contributed by atoms with Gasteiger partial charge in [0.1, 0.15) is 0 Å². The molecule has 0 radical (unpaired) electrons. The smallest absolute Gasteiger partial charge is 0.330 e. The fraction of sp³-hybridized carbons (Fsp3) is 0.385. The molecule has 0 saturated heterocycles. The normalized spacial score (nSPS) is 16.3. The van der Waals surface area contributed by atoms with Crippen molar-refractivity contribution in [2.45, 2.75) is 25.8 Å². The molecule has 1 amide bonds. The first-order chi connectivity index (χ1) is 8.09. The first-order valence-corrected chi connectivity index (χ1v) is 5.68. The first kappa shape index (κ1) is 11.6. The summed E-state index contributed by atoms with van der Waals surface area (Å²) in [4.78, 5) is 22.8. The van der Waals surface area contributed by atoms with E-state index in [0.717, 1.165) is 18.4 Å². The second-order valence-corrected chi connectivity index (χ2v) is 4.41. The fourth-order valence-electron chi connectivity index (χ4n) is 1.79. The Bertz CT molecular complexity index is 452. The second kappa shape index (κ2) is 4.57. The molecule has 2 rings (SSSR count). The fourth-order valence-corrected chi connectivity index (χ4v) is 1.79. The highest BCUT2D eigenvalue weighted by Gasteiger charge is 2.33. The number of aliphatic carboxylic acids is 1. The molecule has 0 aliphatic heterocycles. The zero-order valence-electron chi connectivity index (χ0n) is 9.64. The van der Waals surface area contributed by atoms with Crippen LogP contribution >= 0.6 is 0 Å². The van der Waals surface area contributed by atoms with E-state index in [0.29, 0.717) is 5.56 Å². The van der Waals surface area contributed by atoms with Crippen molar-refractivity contribution < 1.29 is 14.7 Å². The van der Waals surface area contributed by atoms with Gasteiger partial charge in [0.15, 0.2) is 6.04 Å². The van der Waals surface area contributed by atoms with E-state index in [4.69, 9.17) is 0 Å². The number of hydrogen-bond donors (Lipinski definition) is 2. The number of nitrogens with one attached hydrogen (secondary N) is 1. The molecule has 0 bridgehead atoms. The zero-order valence-corrected chi connectivity index (χ0v) is 9.64. The van der Waals surface area contributed by atoms with E-state index in [9.17, 15) is 14.7 Å². The lowest BCUT2D eigenvalue weighted by molar-refractivity contribution is -0.142. The number of benzene rings is 1. The molecule has 1 fully saturated rings. The predicted octanol–water partition coefficient (Wildman–Crippen LogP) is 1.65. The lowest BCUT2D eigenvalue weighted by atomic mass is 10.0. The van der Waals surface area contributed by atoms with Crippen LogP contribution in [0.4, 0.5) is 0 Å². The van der Waals surface area contributed by atoms with Crippen molar-refractivity contribution in [2.24, 2.45) is 5.92 Å². The molecule has 1 aliphatic carbocycles. The molecule has 1 saturated carbocycles. The van der Waals surface area contributed by atoms with E-state index >= 15 is 0 Å². The van der Waals surface area contributed by atoms with Crippen LogP contribution < -0.4 is 5.32 Å². The van der Waals surface area contributed by atoms with Crippen molar-refractivity contribution in [3.05, 3.63) is 35.4 Å². The summed E-state index contributed by atoms with van der Waals surface area (Å²) in [6, 6.07) is 6.27. The minimum atomic E-state index is -1.02. The van der Waals surface area contributed by atoms with Gasteiger partial charge in [-0.2, -0.15) is 0 Å². The summed E-state index contributed by atoms with van der Waals surface area (Å²) >= 11 is 0. The summed E-state index contributed by atoms with van der Waals surface area (Å²) in [6.07, 6.45) is 1.73. The number of carbonyl (C=O) groups is 2. The molecule has 1 atom stereocenters. The Kier molecular flexibility index (Phi) is 3.13. The monoisotopic (exact) mass is 233 g/mol. The number of amides is 1. The van der Waals surface area contributed by atoms with E-state index in [1.54, 1.807) is 12.1 Å². The minimum absolute atomic E-state index is 0.0147. The summed E-state index contributed by atoms with van der Waals surface area (Å²) in [5.74, 6) is -1.16. The Labute approximate surface area is 99.6 Å². The highest BCUT2D eigenvalue weighted by atomic mass is 16.4. The van der Waals surface area contributed by atoms with Gasteiger partial charge in [0.2, 0.25) is 5.91 Å². The van der Waals surface area contributed by atoms with E-state index < -0.39 is 12.0 Å². The molecule has 0 heterocycles. The maximum atomic E-state index is 11.6. The van der Waals surface area contributed by atoms with Crippen LogP contribution in [0.15, 0.2) is 24.3 Å². The average Bonchev–Trinajstić information content (AvgIpc) is 3.10. The van der Waals surface area contributed by atoms with Crippen LogP contribution in [0.5, 0.6) is 0 Å².